The normalized spacial score (nSPS) is 10.8. The molecule has 0 aliphatic carbocycles. The van der Waals surface area contributed by atoms with Crippen LogP contribution < -0.4 is 10.9 Å². The summed E-state index contributed by atoms with van der Waals surface area (Å²) in [6.07, 6.45) is 3.37. The van der Waals surface area contributed by atoms with E-state index in [4.69, 9.17) is 5.84 Å². The number of phenols is 2. The highest BCUT2D eigenvalue weighted by atomic mass is 16.3. The smallest absolute Gasteiger partial charge is 0.127 e. The number of pyridine rings is 2. The van der Waals surface area contributed by atoms with Crippen molar-refractivity contribution >= 4 is 11.4 Å². The molecule has 30 heavy (non-hydrogen) atoms. The van der Waals surface area contributed by atoms with Gasteiger partial charge in [0.15, 0.2) is 0 Å². The molecule has 2 aromatic heterocycles. The Labute approximate surface area is 174 Å². The second kappa shape index (κ2) is 7.85. The first-order valence-electron chi connectivity index (χ1n) is 9.51. The van der Waals surface area contributed by atoms with Crippen LogP contribution in [0.15, 0.2) is 73.1 Å². The first-order valence-corrected chi connectivity index (χ1v) is 9.51. The maximum Gasteiger partial charge on any atom is 0.127 e. The van der Waals surface area contributed by atoms with Crippen LogP contribution in [0.3, 0.4) is 0 Å². The number of aromatic hydroxyl groups is 2. The molecule has 0 spiro atoms. The number of aromatic nitrogens is 2. The molecule has 2 aromatic carbocycles. The lowest BCUT2D eigenvalue weighted by molar-refractivity contribution is 0.477. The molecule has 0 aliphatic rings. The zero-order valence-corrected chi connectivity index (χ0v) is 16.7. The van der Waals surface area contributed by atoms with Crippen LogP contribution in [0, 0.1) is 13.8 Å². The number of nitrogens with two attached hydrogens (primary N) is 1. The molecule has 0 saturated heterocycles. The Bertz CT molecular complexity index is 1220. The van der Waals surface area contributed by atoms with Crippen molar-refractivity contribution in [3.05, 3.63) is 84.2 Å². The Balaban J connectivity index is 1.93. The Kier molecular flexibility index (Phi) is 5.08. The summed E-state index contributed by atoms with van der Waals surface area (Å²) in [6.45, 7) is 3.89. The third-order valence-corrected chi connectivity index (χ3v) is 4.98. The monoisotopic (exact) mass is 398 g/mol. The first kappa shape index (κ1) is 19.4. The van der Waals surface area contributed by atoms with E-state index in [0.717, 1.165) is 11.1 Å². The minimum absolute atomic E-state index is 0.0665. The van der Waals surface area contributed by atoms with E-state index in [9.17, 15) is 10.2 Å². The molecule has 150 valence electrons. The van der Waals surface area contributed by atoms with E-state index < -0.39 is 0 Å². The van der Waals surface area contributed by atoms with E-state index in [0.29, 0.717) is 33.9 Å². The van der Waals surface area contributed by atoms with Gasteiger partial charge < -0.3 is 10.2 Å². The van der Waals surface area contributed by atoms with Crippen molar-refractivity contribution in [2.24, 2.45) is 5.84 Å². The molecular formula is C24H22N4O2. The molecule has 0 radical (unpaired) electrons. The van der Waals surface area contributed by atoms with Crippen LogP contribution in [-0.4, -0.2) is 20.2 Å². The second-order valence-electron chi connectivity index (χ2n) is 7.10. The second-order valence-corrected chi connectivity index (χ2v) is 7.10. The summed E-state index contributed by atoms with van der Waals surface area (Å²) in [7, 11) is 0. The van der Waals surface area contributed by atoms with Gasteiger partial charge in [-0.25, -0.2) is 5.84 Å². The van der Waals surface area contributed by atoms with E-state index in [2.05, 4.69) is 9.97 Å². The number of nitrogens with zero attached hydrogens (tertiary/aromatic N) is 3. The van der Waals surface area contributed by atoms with Gasteiger partial charge in [0.1, 0.15) is 11.5 Å². The maximum absolute atomic E-state index is 10.7. The summed E-state index contributed by atoms with van der Waals surface area (Å²) in [5, 5.41) is 22.7. The minimum Gasteiger partial charge on any atom is -0.507 e. The summed E-state index contributed by atoms with van der Waals surface area (Å²) in [4.78, 5) is 8.87. The van der Waals surface area contributed by atoms with Crippen LogP contribution in [0.4, 0.5) is 11.4 Å². The molecule has 4 rings (SSSR count). The fourth-order valence-corrected chi connectivity index (χ4v) is 3.51. The van der Waals surface area contributed by atoms with Gasteiger partial charge in [-0.05, 0) is 67.4 Å². The number of hydrogen-bond donors (Lipinski definition) is 3. The molecule has 0 unspecified atom stereocenters. The van der Waals surface area contributed by atoms with Crippen molar-refractivity contribution in [2.45, 2.75) is 13.8 Å². The molecule has 4 aromatic rings. The van der Waals surface area contributed by atoms with Crippen molar-refractivity contribution in [1.82, 2.24) is 9.97 Å². The molecule has 0 saturated carbocycles. The number of rotatable bonds is 4. The average Bonchev–Trinajstić information content (AvgIpc) is 2.73. The lowest BCUT2D eigenvalue weighted by atomic mass is 10.0. The third-order valence-electron chi connectivity index (χ3n) is 4.98. The summed E-state index contributed by atoms with van der Waals surface area (Å²) in [5.74, 6) is 6.71. The number of hydrogen-bond acceptors (Lipinski definition) is 6. The SMILES string of the molecule is Cc1ccnc(-c2c(O)cccc2N(N)c2cccc(O)c2-c2ncccc2C)c1. The Morgan fingerprint density at radius 3 is 2.10 bits per heavy atom. The summed E-state index contributed by atoms with van der Waals surface area (Å²) < 4.78 is 0. The Morgan fingerprint density at radius 1 is 0.767 bits per heavy atom. The van der Waals surface area contributed by atoms with Gasteiger partial charge in [0.25, 0.3) is 0 Å². The Morgan fingerprint density at radius 2 is 1.43 bits per heavy atom. The van der Waals surface area contributed by atoms with Crippen LogP contribution >= 0.6 is 0 Å². The van der Waals surface area contributed by atoms with Gasteiger partial charge in [0.2, 0.25) is 0 Å². The van der Waals surface area contributed by atoms with Crippen molar-refractivity contribution in [3.8, 4) is 34.0 Å². The molecule has 0 amide bonds. The summed E-state index contributed by atoms with van der Waals surface area (Å²) >= 11 is 0. The number of aryl methyl sites for hydroxylation is 2. The van der Waals surface area contributed by atoms with Crippen molar-refractivity contribution in [1.29, 1.82) is 0 Å². The molecule has 0 fully saturated rings. The first-order chi connectivity index (χ1) is 14.5. The topological polar surface area (TPSA) is 95.5 Å². The van der Waals surface area contributed by atoms with E-state index in [1.54, 1.807) is 48.8 Å². The molecule has 0 aliphatic heterocycles. The van der Waals surface area contributed by atoms with Gasteiger partial charge in [0, 0.05) is 12.4 Å². The van der Waals surface area contributed by atoms with E-state index in [1.807, 2.05) is 38.1 Å². The highest BCUT2D eigenvalue weighted by molar-refractivity contribution is 5.90. The lowest BCUT2D eigenvalue weighted by Crippen LogP contribution is -2.26. The van der Waals surface area contributed by atoms with Gasteiger partial charge in [-0.1, -0.05) is 18.2 Å². The molecule has 4 N–H and O–H groups in total. The number of anilines is 2. The standard InChI is InChI=1S/C24H22N4O2/c1-15-11-13-26-17(14-15)22-18(7-3-9-20(22)29)28(25)19-8-4-10-21(30)23(19)24-16(2)6-5-12-27-24/h3-14,29-30H,25H2,1-2H3. The average molecular weight is 398 g/mol. The highest BCUT2D eigenvalue weighted by Gasteiger charge is 2.22. The van der Waals surface area contributed by atoms with Crippen LogP contribution in [0.5, 0.6) is 11.5 Å². The molecule has 6 nitrogen and oxygen atoms in total. The van der Waals surface area contributed by atoms with Crippen molar-refractivity contribution in [3.63, 3.8) is 0 Å². The highest BCUT2D eigenvalue weighted by Crippen LogP contribution is 2.44. The van der Waals surface area contributed by atoms with Gasteiger partial charge in [-0.15, -0.1) is 0 Å². The number of hydrazine groups is 1. The van der Waals surface area contributed by atoms with E-state index in [1.165, 1.54) is 5.01 Å². The van der Waals surface area contributed by atoms with Gasteiger partial charge >= 0.3 is 0 Å². The van der Waals surface area contributed by atoms with Crippen LogP contribution in [0.25, 0.3) is 22.5 Å². The summed E-state index contributed by atoms with van der Waals surface area (Å²) in [5.41, 5.74) is 5.29. The fourth-order valence-electron chi connectivity index (χ4n) is 3.51. The van der Waals surface area contributed by atoms with Crippen molar-refractivity contribution in [2.75, 3.05) is 5.01 Å². The predicted molar refractivity (Wildman–Crippen MR) is 118 cm³/mol. The number of phenolic OH excluding ortho intramolecular Hbond substituents is 2. The van der Waals surface area contributed by atoms with Gasteiger partial charge in [-0.2, -0.15) is 0 Å². The predicted octanol–water partition coefficient (Wildman–Crippen LogP) is 4.85. The van der Waals surface area contributed by atoms with Gasteiger partial charge in [0.05, 0.1) is 33.9 Å². The maximum atomic E-state index is 10.7. The summed E-state index contributed by atoms with van der Waals surface area (Å²) in [6, 6.07) is 17.8. The van der Waals surface area contributed by atoms with E-state index in [-0.39, 0.29) is 11.5 Å². The molecule has 2 heterocycles. The molecular weight excluding hydrogens is 376 g/mol. The zero-order valence-electron chi connectivity index (χ0n) is 16.7. The van der Waals surface area contributed by atoms with Crippen LogP contribution in [-0.2, 0) is 0 Å². The third kappa shape index (κ3) is 3.44. The van der Waals surface area contributed by atoms with Crippen LogP contribution in [0.2, 0.25) is 0 Å². The van der Waals surface area contributed by atoms with Crippen LogP contribution in [0.1, 0.15) is 11.1 Å². The number of benzene rings is 2. The Hall–Kier alpha value is -3.90. The molecule has 0 atom stereocenters. The van der Waals surface area contributed by atoms with E-state index >= 15 is 0 Å². The molecule has 6 heteroatoms. The largest absolute Gasteiger partial charge is 0.507 e. The van der Waals surface area contributed by atoms with Gasteiger partial charge in [-0.3, -0.25) is 15.0 Å². The zero-order chi connectivity index (χ0) is 21.3. The molecule has 0 bridgehead atoms. The minimum atomic E-state index is 0.0665. The fraction of sp³-hybridized carbons (Fsp3) is 0.0833. The lowest BCUT2D eigenvalue weighted by Gasteiger charge is -2.25. The van der Waals surface area contributed by atoms with Crippen molar-refractivity contribution < 1.29 is 10.2 Å². The quantitative estimate of drug-likeness (QED) is 0.336.